The van der Waals surface area contributed by atoms with Gasteiger partial charge in [0.25, 0.3) is 0 Å². The number of anilines is 1. The molecular weight excluding hydrogens is 355 g/mol. The minimum Gasteiger partial charge on any atom is -0.344 e. The molecular formula is C18H25FN4O2S. The third kappa shape index (κ3) is 6.03. The van der Waals surface area contributed by atoms with Crippen molar-refractivity contribution in [1.82, 2.24) is 14.8 Å². The van der Waals surface area contributed by atoms with E-state index in [2.05, 4.69) is 33.6 Å². The summed E-state index contributed by atoms with van der Waals surface area (Å²) in [5, 5.41) is 0.792. The van der Waals surface area contributed by atoms with E-state index in [4.69, 9.17) is 4.84 Å². The maximum absolute atomic E-state index is 13.0. The zero-order valence-corrected chi connectivity index (χ0v) is 16.2. The third-order valence-corrected chi connectivity index (χ3v) is 4.80. The van der Waals surface area contributed by atoms with Crippen LogP contribution in [0.2, 0.25) is 0 Å². The second-order valence-corrected chi connectivity index (χ2v) is 6.69. The second-order valence-electron chi connectivity index (χ2n) is 5.96. The number of carbonyl (C=O) groups excluding carboxylic acids is 1. The number of amides is 1. The van der Waals surface area contributed by atoms with Crippen LogP contribution in [-0.2, 0) is 16.1 Å². The summed E-state index contributed by atoms with van der Waals surface area (Å²) in [7, 11) is 0. The molecule has 8 heteroatoms. The zero-order valence-electron chi connectivity index (χ0n) is 15.4. The lowest BCUT2D eigenvalue weighted by Gasteiger charge is -2.27. The lowest BCUT2D eigenvalue weighted by atomic mass is 10.1. The SMILES string of the molecule is CCONC(=O)CCN(c1nc(Cc2ccc(F)cc2)ns1)C(C)CC. The summed E-state index contributed by atoms with van der Waals surface area (Å²) in [6.07, 6.45) is 1.80. The van der Waals surface area contributed by atoms with Gasteiger partial charge in [-0.25, -0.2) is 14.9 Å². The van der Waals surface area contributed by atoms with Gasteiger partial charge in [0, 0.05) is 37.0 Å². The maximum Gasteiger partial charge on any atom is 0.245 e. The van der Waals surface area contributed by atoms with Crippen LogP contribution in [0.25, 0.3) is 0 Å². The zero-order chi connectivity index (χ0) is 18.9. The number of nitrogens with zero attached hydrogens (tertiary/aromatic N) is 3. The Hall–Kier alpha value is -2.06. The normalized spacial score (nSPS) is 12.0. The van der Waals surface area contributed by atoms with Gasteiger partial charge in [-0.3, -0.25) is 9.63 Å². The minimum absolute atomic E-state index is 0.156. The molecule has 1 unspecified atom stereocenters. The fraction of sp³-hybridized carbons (Fsp3) is 0.500. The summed E-state index contributed by atoms with van der Waals surface area (Å²) >= 11 is 1.32. The van der Waals surface area contributed by atoms with E-state index in [9.17, 15) is 9.18 Å². The van der Waals surface area contributed by atoms with Crippen LogP contribution in [0.1, 0.15) is 45.0 Å². The lowest BCUT2D eigenvalue weighted by molar-refractivity contribution is -0.132. The molecule has 1 aromatic carbocycles. The highest BCUT2D eigenvalue weighted by Crippen LogP contribution is 2.22. The Morgan fingerprint density at radius 3 is 2.73 bits per heavy atom. The molecule has 0 spiro atoms. The van der Waals surface area contributed by atoms with Gasteiger partial charge >= 0.3 is 0 Å². The summed E-state index contributed by atoms with van der Waals surface area (Å²) in [6, 6.07) is 6.58. The average molecular weight is 380 g/mol. The first-order chi connectivity index (χ1) is 12.5. The molecule has 1 amide bonds. The van der Waals surface area contributed by atoms with Gasteiger partial charge in [0.2, 0.25) is 11.0 Å². The number of carbonyl (C=O) groups is 1. The largest absolute Gasteiger partial charge is 0.344 e. The van der Waals surface area contributed by atoms with Crippen LogP contribution in [-0.4, -0.2) is 34.5 Å². The van der Waals surface area contributed by atoms with Crippen LogP contribution in [0.3, 0.4) is 0 Å². The second kappa shape index (κ2) is 10.2. The number of benzene rings is 1. The van der Waals surface area contributed by atoms with Gasteiger partial charge < -0.3 is 4.90 Å². The minimum atomic E-state index is -0.256. The summed E-state index contributed by atoms with van der Waals surface area (Å²) in [4.78, 5) is 23.4. The Morgan fingerprint density at radius 1 is 1.35 bits per heavy atom. The molecule has 0 radical (unpaired) electrons. The number of hydroxylamine groups is 1. The molecule has 0 fully saturated rings. The highest BCUT2D eigenvalue weighted by atomic mass is 32.1. The summed E-state index contributed by atoms with van der Waals surface area (Å²) in [5.74, 6) is 0.286. The van der Waals surface area contributed by atoms with E-state index >= 15 is 0 Å². The fourth-order valence-corrected chi connectivity index (χ4v) is 3.18. The summed E-state index contributed by atoms with van der Waals surface area (Å²) in [5.41, 5.74) is 3.37. The number of halogens is 1. The standard InChI is InChI=1S/C18H25FN4O2S/c1-4-13(3)23(11-10-17(24)21-25-5-2)18-20-16(22-26-18)12-14-6-8-15(19)9-7-14/h6-9,13H,4-5,10-12H2,1-3H3,(H,21,24). The molecule has 2 aromatic rings. The van der Waals surface area contributed by atoms with Crippen LogP contribution in [0.15, 0.2) is 24.3 Å². The Labute approximate surface area is 157 Å². The van der Waals surface area contributed by atoms with Crippen molar-refractivity contribution in [1.29, 1.82) is 0 Å². The van der Waals surface area contributed by atoms with Crippen LogP contribution in [0.5, 0.6) is 0 Å². The fourth-order valence-electron chi connectivity index (χ4n) is 2.37. The van der Waals surface area contributed by atoms with Crippen molar-refractivity contribution in [2.24, 2.45) is 0 Å². The molecule has 0 aliphatic carbocycles. The molecule has 0 bridgehead atoms. The Kier molecular flexibility index (Phi) is 7.93. The number of aromatic nitrogens is 2. The monoisotopic (exact) mass is 380 g/mol. The van der Waals surface area contributed by atoms with Crippen molar-refractivity contribution in [3.63, 3.8) is 0 Å². The Bertz CT molecular complexity index is 693. The van der Waals surface area contributed by atoms with E-state index in [0.717, 1.165) is 17.1 Å². The molecule has 0 aliphatic rings. The number of hydrogen-bond acceptors (Lipinski definition) is 6. The van der Waals surface area contributed by atoms with E-state index in [1.807, 2.05) is 6.92 Å². The predicted molar refractivity (Wildman–Crippen MR) is 101 cm³/mol. The maximum atomic E-state index is 13.0. The van der Waals surface area contributed by atoms with E-state index in [1.54, 1.807) is 12.1 Å². The molecule has 142 valence electrons. The van der Waals surface area contributed by atoms with Gasteiger partial charge in [-0.2, -0.15) is 4.37 Å². The molecule has 1 N–H and O–H groups in total. The van der Waals surface area contributed by atoms with Crippen molar-refractivity contribution >= 4 is 22.6 Å². The van der Waals surface area contributed by atoms with Gasteiger partial charge in [-0.1, -0.05) is 19.1 Å². The average Bonchev–Trinajstić information content (AvgIpc) is 3.10. The van der Waals surface area contributed by atoms with Crippen molar-refractivity contribution in [2.45, 2.75) is 46.1 Å². The molecule has 1 heterocycles. The van der Waals surface area contributed by atoms with Gasteiger partial charge in [-0.15, -0.1) is 0 Å². The van der Waals surface area contributed by atoms with Crippen molar-refractivity contribution in [3.05, 3.63) is 41.5 Å². The van der Waals surface area contributed by atoms with Crippen molar-refractivity contribution in [3.8, 4) is 0 Å². The van der Waals surface area contributed by atoms with Crippen molar-refractivity contribution < 1.29 is 14.0 Å². The van der Waals surface area contributed by atoms with Crippen LogP contribution in [0, 0.1) is 5.82 Å². The molecule has 0 saturated carbocycles. The first-order valence-electron chi connectivity index (χ1n) is 8.77. The van der Waals surface area contributed by atoms with E-state index in [0.29, 0.717) is 31.8 Å². The molecule has 2 rings (SSSR count). The molecule has 26 heavy (non-hydrogen) atoms. The molecule has 6 nitrogen and oxygen atoms in total. The smallest absolute Gasteiger partial charge is 0.245 e. The van der Waals surface area contributed by atoms with Crippen molar-refractivity contribution in [2.75, 3.05) is 18.1 Å². The quantitative estimate of drug-likeness (QED) is 0.641. The first kappa shape index (κ1) is 20.3. The molecule has 0 saturated heterocycles. The van der Waals surface area contributed by atoms with Crippen LogP contribution in [0.4, 0.5) is 9.52 Å². The first-order valence-corrected chi connectivity index (χ1v) is 9.55. The Balaban J connectivity index is 2.02. The van der Waals surface area contributed by atoms with E-state index in [1.165, 1.54) is 23.7 Å². The highest BCUT2D eigenvalue weighted by Gasteiger charge is 2.19. The lowest BCUT2D eigenvalue weighted by Crippen LogP contribution is -2.36. The van der Waals surface area contributed by atoms with Crippen LogP contribution < -0.4 is 10.4 Å². The molecule has 1 atom stereocenters. The number of nitrogens with one attached hydrogen (secondary N) is 1. The molecule has 1 aromatic heterocycles. The van der Waals surface area contributed by atoms with Crippen LogP contribution >= 0.6 is 11.5 Å². The Morgan fingerprint density at radius 2 is 2.08 bits per heavy atom. The van der Waals surface area contributed by atoms with E-state index < -0.39 is 0 Å². The predicted octanol–water partition coefficient (Wildman–Crippen LogP) is 3.33. The highest BCUT2D eigenvalue weighted by molar-refractivity contribution is 7.09. The summed E-state index contributed by atoms with van der Waals surface area (Å²) < 4.78 is 17.4. The van der Waals surface area contributed by atoms with Gasteiger partial charge in [0.05, 0.1) is 6.61 Å². The van der Waals surface area contributed by atoms with Gasteiger partial charge in [-0.05, 0) is 38.0 Å². The molecule has 0 aliphatic heterocycles. The van der Waals surface area contributed by atoms with E-state index in [-0.39, 0.29) is 17.8 Å². The topological polar surface area (TPSA) is 67.3 Å². The number of rotatable bonds is 10. The van der Waals surface area contributed by atoms with Gasteiger partial charge in [0.1, 0.15) is 11.6 Å². The summed E-state index contributed by atoms with van der Waals surface area (Å²) in [6.45, 7) is 6.98. The number of hydrogen-bond donors (Lipinski definition) is 1. The third-order valence-electron chi connectivity index (χ3n) is 4.01. The van der Waals surface area contributed by atoms with Gasteiger partial charge in [0.15, 0.2) is 0 Å².